The maximum atomic E-state index is 14.7. The van der Waals surface area contributed by atoms with Gasteiger partial charge in [0.1, 0.15) is 34.7 Å². The number of aliphatic hydroxyl groups is 1. The third kappa shape index (κ3) is 5.47. The average Bonchev–Trinajstić information content (AvgIpc) is 3.35. The van der Waals surface area contributed by atoms with E-state index in [2.05, 4.69) is 15.3 Å². The van der Waals surface area contributed by atoms with Crippen molar-refractivity contribution in [1.82, 2.24) is 15.3 Å². The molecular formula is C30H24F6N4O5. The number of pyridine rings is 2. The Morgan fingerprint density at radius 1 is 1.09 bits per heavy atom. The summed E-state index contributed by atoms with van der Waals surface area (Å²) >= 11 is 0. The molecule has 0 fully saturated rings. The summed E-state index contributed by atoms with van der Waals surface area (Å²) in [5.74, 6) is -1.99. The van der Waals surface area contributed by atoms with Crippen molar-refractivity contribution in [2.45, 2.75) is 30.3 Å². The van der Waals surface area contributed by atoms with Crippen LogP contribution in [0.3, 0.4) is 0 Å². The Morgan fingerprint density at radius 3 is 2.38 bits per heavy atom. The highest BCUT2D eigenvalue weighted by molar-refractivity contribution is 6.00. The van der Waals surface area contributed by atoms with Crippen LogP contribution in [0.4, 0.5) is 26.3 Å². The van der Waals surface area contributed by atoms with Crippen molar-refractivity contribution < 1.29 is 50.5 Å². The van der Waals surface area contributed by atoms with Crippen LogP contribution in [-0.2, 0) is 22.0 Å². The largest absolute Gasteiger partial charge is 0.494 e. The van der Waals surface area contributed by atoms with Crippen molar-refractivity contribution in [3.05, 3.63) is 83.2 Å². The highest BCUT2D eigenvalue weighted by atomic mass is 19.4. The standard InChI is InChI=1S/C30H24F6N4O5/c1-27(26(37)42)14-45-24-19(27)12-21(40-23(24)15-5-7-18(8-6-15)29(31,32)33)28(43,30(34,35)36)13-39-25(41)17-10-16-4-3-9-38-22(16)20(11-17)44-2/h3-12,43H,13-14H2,1-2H3,(H2,37,42)(H,39,41)/t27-,28-/m0/s1. The lowest BCUT2D eigenvalue weighted by atomic mass is 9.81. The normalized spacial score (nSPS) is 17.7. The number of hydrogen-bond donors (Lipinski definition) is 3. The predicted molar refractivity (Wildman–Crippen MR) is 147 cm³/mol. The van der Waals surface area contributed by atoms with Crippen molar-refractivity contribution >= 4 is 22.7 Å². The van der Waals surface area contributed by atoms with Crippen molar-refractivity contribution in [2.24, 2.45) is 5.73 Å². The number of benzene rings is 2. The topological polar surface area (TPSA) is 137 Å². The number of carbonyl (C=O) groups is 2. The smallest absolute Gasteiger partial charge is 0.424 e. The van der Waals surface area contributed by atoms with E-state index in [1.54, 1.807) is 12.1 Å². The summed E-state index contributed by atoms with van der Waals surface area (Å²) in [5, 5.41) is 13.7. The van der Waals surface area contributed by atoms with E-state index in [0.717, 1.165) is 18.2 Å². The molecule has 45 heavy (non-hydrogen) atoms. The lowest BCUT2D eigenvalue weighted by Gasteiger charge is -2.31. The molecular weight excluding hydrogens is 610 g/mol. The van der Waals surface area contributed by atoms with E-state index < -0.39 is 59.6 Å². The minimum Gasteiger partial charge on any atom is -0.494 e. The lowest BCUT2D eigenvalue weighted by Crippen LogP contribution is -2.51. The van der Waals surface area contributed by atoms with Gasteiger partial charge in [-0.25, -0.2) is 4.98 Å². The van der Waals surface area contributed by atoms with Gasteiger partial charge in [0.25, 0.3) is 5.91 Å². The minimum atomic E-state index is -5.45. The first kappa shape index (κ1) is 31.5. The van der Waals surface area contributed by atoms with E-state index in [1.165, 1.54) is 32.4 Å². The fourth-order valence-electron chi connectivity index (χ4n) is 4.90. The molecule has 15 heteroatoms. The fourth-order valence-corrected chi connectivity index (χ4v) is 4.90. The van der Waals surface area contributed by atoms with Gasteiger partial charge >= 0.3 is 12.4 Å². The highest BCUT2D eigenvalue weighted by Crippen LogP contribution is 2.48. The number of rotatable bonds is 7. The van der Waals surface area contributed by atoms with Gasteiger partial charge < -0.3 is 25.6 Å². The van der Waals surface area contributed by atoms with Crippen molar-refractivity contribution in [2.75, 3.05) is 20.3 Å². The number of carbonyl (C=O) groups excluding carboxylic acids is 2. The summed E-state index contributed by atoms with van der Waals surface area (Å²) < 4.78 is 94.4. The summed E-state index contributed by atoms with van der Waals surface area (Å²) in [7, 11) is 1.32. The first-order chi connectivity index (χ1) is 21.0. The van der Waals surface area contributed by atoms with Crippen LogP contribution in [0.1, 0.15) is 34.1 Å². The Morgan fingerprint density at radius 2 is 1.78 bits per heavy atom. The second kappa shape index (κ2) is 10.9. The summed E-state index contributed by atoms with van der Waals surface area (Å²) in [6.07, 6.45) is -8.66. The summed E-state index contributed by atoms with van der Waals surface area (Å²) in [4.78, 5) is 33.6. The van der Waals surface area contributed by atoms with Crippen LogP contribution in [0.25, 0.3) is 22.2 Å². The molecule has 9 nitrogen and oxygen atoms in total. The van der Waals surface area contributed by atoms with Crippen LogP contribution in [0.5, 0.6) is 11.5 Å². The maximum absolute atomic E-state index is 14.7. The van der Waals surface area contributed by atoms with Gasteiger partial charge in [0, 0.05) is 28.3 Å². The average molecular weight is 635 g/mol. The third-order valence-electron chi connectivity index (χ3n) is 7.65. The molecule has 4 aromatic rings. The van der Waals surface area contributed by atoms with Gasteiger partial charge in [0.05, 0.1) is 24.9 Å². The molecule has 1 aliphatic heterocycles. The summed E-state index contributed by atoms with van der Waals surface area (Å²) in [5.41, 5.74) is -2.39. The van der Waals surface area contributed by atoms with E-state index in [9.17, 15) is 41.0 Å². The lowest BCUT2D eigenvalue weighted by molar-refractivity contribution is -0.265. The number of methoxy groups -OCH3 is 1. The molecule has 2 aromatic carbocycles. The van der Waals surface area contributed by atoms with Gasteiger partial charge in [0.2, 0.25) is 11.5 Å². The second-order valence-electron chi connectivity index (χ2n) is 10.6. The van der Waals surface area contributed by atoms with Crippen LogP contribution in [0.2, 0.25) is 0 Å². The van der Waals surface area contributed by atoms with Gasteiger partial charge in [-0.1, -0.05) is 18.2 Å². The zero-order chi connectivity index (χ0) is 32.9. The highest BCUT2D eigenvalue weighted by Gasteiger charge is 2.57. The van der Waals surface area contributed by atoms with Gasteiger partial charge in [-0.15, -0.1) is 0 Å². The van der Waals surface area contributed by atoms with Gasteiger partial charge in [-0.3, -0.25) is 14.6 Å². The molecule has 2 atom stereocenters. The van der Waals surface area contributed by atoms with Crippen LogP contribution in [-0.4, -0.2) is 53.3 Å². The van der Waals surface area contributed by atoms with Crippen LogP contribution >= 0.6 is 0 Å². The molecule has 0 radical (unpaired) electrons. The Balaban J connectivity index is 1.60. The zero-order valence-electron chi connectivity index (χ0n) is 23.5. The quantitative estimate of drug-likeness (QED) is 0.252. The van der Waals surface area contributed by atoms with Crippen molar-refractivity contribution in [1.29, 1.82) is 0 Å². The maximum Gasteiger partial charge on any atom is 0.424 e. The third-order valence-corrected chi connectivity index (χ3v) is 7.65. The number of nitrogens with two attached hydrogens (primary N) is 1. The van der Waals surface area contributed by atoms with Crippen molar-refractivity contribution in [3.8, 4) is 22.8 Å². The Hall–Kier alpha value is -4.92. The molecule has 0 bridgehead atoms. The first-order valence-corrected chi connectivity index (χ1v) is 13.2. The molecule has 0 unspecified atom stereocenters. The summed E-state index contributed by atoms with van der Waals surface area (Å²) in [6.45, 7) is -0.538. The second-order valence-corrected chi connectivity index (χ2v) is 10.6. The number of primary amides is 1. The van der Waals surface area contributed by atoms with E-state index in [-0.39, 0.29) is 33.9 Å². The van der Waals surface area contributed by atoms with E-state index >= 15 is 0 Å². The molecule has 2 aromatic heterocycles. The molecule has 1 aliphatic rings. The molecule has 2 amide bonds. The molecule has 0 aliphatic carbocycles. The van der Waals surface area contributed by atoms with E-state index in [4.69, 9.17) is 15.2 Å². The number of halogens is 6. The number of amides is 2. The number of fused-ring (bicyclic) bond motifs is 2. The van der Waals surface area contributed by atoms with Gasteiger partial charge in [-0.2, -0.15) is 26.3 Å². The predicted octanol–water partition coefficient (Wildman–Crippen LogP) is 4.64. The van der Waals surface area contributed by atoms with E-state index in [1.807, 2.05) is 0 Å². The van der Waals surface area contributed by atoms with E-state index in [0.29, 0.717) is 23.0 Å². The fraction of sp³-hybridized carbons (Fsp3) is 0.267. The molecule has 0 saturated carbocycles. The molecule has 0 saturated heterocycles. The molecule has 236 valence electrons. The Labute approximate surface area is 251 Å². The molecule has 0 spiro atoms. The number of nitrogens with zero attached hydrogens (tertiary/aromatic N) is 2. The van der Waals surface area contributed by atoms with Crippen LogP contribution < -0.4 is 20.5 Å². The Kier molecular flexibility index (Phi) is 7.64. The molecule has 3 heterocycles. The first-order valence-electron chi connectivity index (χ1n) is 13.2. The van der Waals surface area contributed by atoms with Gasteiger partial charge in [-0.05, 0) is 43.3 Å². The molecule has 4 N–H and O–H groups in total. The van der Waals surface area contributed by atoms with Crippen LogP contribution in [0.15, 0.2) is 60.8 Å². The SMILES string of the molecule is COc1cc(C(=O)NC[C@](O)(c2cc3c(c(-c4ccc(C(F)(F)F)cc4)n2)OC[C@]3(C)C(N)=O)C(F)(F)F)cc2cccnc12. The number of aromatic nitrogens is 2. The number of nitrogens with one attached hydrogen (secondary N) is 1. The molecule has 5 rings (SSSR count). The number of alkyl halides is 6. The monoisotopic (exact) mass is 634 g/mol. The number of ether oxygens (including phenoxy) is 2. The van der Waals surface area contributed by atoms with Gasteiger partial charge in [0.15, 0.2) is 0 Å². The van der Waals surface area contributed by atoms with Crippen LogP contribution in [0, 0.1) is 0 Å². The zero-order valence-corrected chi connectivity index (χ0v) is 23.5. The van der Waals surface area contributed by atoms with Crippen molar-refractivity contribution in [3.63, 3.8) is 0 Å². The minimum absolute atomic E-state index is 0.0970. The summed E-state index contributed by atoms with van der Waals surface area (Å²) in [6, 6.07) is 9.96. The Bertz CT molecular complexity index is 1810. The number of hydrogen-bond acceptors (Lipinski definition) is 7.